The Morgan fingerprint density at radius 2 is 2.08 bits per heavy atom. The highest BCUT2D eigenvalue weighted by atomic mass is 16.6. The fourth-order valence-corrected chi connectivity index (χ4v) is 5.11. The first-order valence-electron chi connectivity index (χ1n) is 13.2. The van der Waals surface area contributed by atoms with E-state index in [1.165, 1.54) is 6.07 Å². The Hall–Kier alpha value is -4.22. The summed E-state index contributed by atoms with van der Waals surface area (Å²) in [6.45, 7) is 8.75. The second-order valence-corrected chi connectivity index (χ2v) is 9.17. The van der Waals surface area contributed by atoms with Gasteiger partial charge in [0.15, 0.2) is 0 Å². The Labute approximate surface area is 226 Å². The first-order chi connectivity index (χ1) is 19.0. The van der Waals surface area contributed by atoms with Crippen molar-refractivity contribution in [1.82, 2.24) is 19.9 Å². The molecule has 1 aliphatic heterocycles. The summed E-state index contributed by atoms with van der Waals surface area (Å²) in [4.78, 5) is 22.9. The van der Waals surface area contributed by atoms with E-state index < -0.39 is 0 Å². The zero-order valence-electron chi connectivity index (χ0n) is 22.4. The second kappa shape index (κ2) is 11.7. The topological polar surface area (TPSA) is 120 Å². The molecule has 2 aromatic heterocycles. The van der Waals surface area contributed by atoms with E-state index in [4.69, 9.17) is 14.5 Å². The Balaban J connectivity index is 1.52. The number of nitro benzene ring substituents is 1. The third kappa shape index (κ3) is 5.23. The van der Waals surface area contributed by atoms with Crippen molar-refractivity contribution in [3.05, 3.63) is 64.5 Å². The fourth-order valence-electron chi connectivity index (χ4n) is 5.11. The molecular weight excluding hydrogens is 498 g/mol. The number of likely N-dealkylation sites (N-methyl/N-ethyl adjacent to an activating group) is 2. The van der Waals surface area contributed by atoms with Crippen LogP contribution in [0.25, 0.3) is 22.2 Å². The highest BCUT2D eigenvalue weighted by Gasteiger charge is 2.25. The smallest absolute Gasteiger partial charge is 0.294 e. The molecule has 5 rings (SSSR count). The Kier molecular flexibility index (Phi) is 7.89. The molecule has 4 aromatic rings. The highest BCUT2D eigenvalue weighted by Crippen LogP contribution is 2.40. The lowest BCUT2D eigenvalue weighted by Crippen LogP contribution is -2.32. The lowest BCUT2D eigenvalue weighted by molar-refractivity contribution is -0.384. The summed E-state index contributed by atoms with van der Waals surface area (Å²) < 4.78 is 13.7. The number of hydrogen-bond donors (Lipinski definition) is 2. The molecule has 2 N–H and O–H groups in total. The van der Waals surface area contributed by atoms with Crippen LogP contribution in [0.4, 0.5) is 23.0 Å². The first kappa shape index (κ1) is 26.4. The van der Waals surface area contributed by atoms with Gasteiger partial charge in [0.25, 0.3) is 5.69 Å². The zero-order valence-corrected chi connectivity index (χ0v) is 22.4. The van der Waals surface area contributed by atoms with E-state index in [0.717, 1.165) is 40.9 Å². The molecule has 0 saturated carbocycles. The minimum absolute atomic E-state index is 0.0162. The molecule has 11 heteroatoms. The average Bonchev–Trinajstić information content (AvgIpc) is 3.30. The minimum atomic E-state index is -0.368. The number of anilines is 3. The van der Waals surface area contributed by atoms with Crippen LogP contribution < -0.4 is 20.3 Å². The molecule has 0 atom stereocenters. The normalized spacial score (nSPS) is 12.8. The van der Waals surface area contributed by atoms with Gasteiger partial charge in [0, 0.05) is 61.0 Å². The maximum atomic E-state index is 12.1. The van der Waals surface area contributed by atoms with Gasteiger partial charge in [-0.25, -0.2) is 9.97 Å². The number of ether oxygens (including phenoxy) is 2. The zero-order chi connectivity index (χ0) is 27.4. The fraction of sp³-hybridized carbons (Fsp3) is 0.357. The van der Waals surface area contributed by atoms with Crippen molar-refractivity contribution in [3.63, 3.8) is 0 Å². The lowest BCUT2D eigenvalue weighted by Gasteiger charge is -2.24. The van der Waals surface area contributed by atoms with Gasteiger partial charge in [0.05, 0.1) is 42.3 Å². The van der Waals surface area contributed by atoms with Gasteiger partial charge in [-0.15, -0.1) is 0 Å². The second-order valence-electron chi connectivity index (χ2n) is 9.17. The highest BCUT2D eigenvalue weighted by molar-refractivity contribution is 5.97. The van der Waals surface area contributed by atoms with E-state index in [1.54, 1.807) is 19.4 Å². The van der Waals surface area contributed by atoms with E-state index in [2.05, 4.69) is 32.3 Å². The first-order valence-corrected chi connectivity index (χ1v) is 13.2. The number of nitrogens with one attached hydrogen (secondary N) is 2. The maximum Gasteiger partial charge on any atom is 0.294 e. The molecule has 11 nitrogen and oxygen atoms in total. The van der Waals surface area contributed by atoms with Crippen LogP contribution in [0.2, 0.25) is 0 Å². The lowest BCUT2D eigenvalue weighted by atomic mass is 10.1. The van der Waals surface area contributed by atoms with E-state index in [1.807, 2.05) is 36.9 Å². The maximum absolute atomic E-state index is 12.1. The number of nitrogens with zero attached hydrogens (tertiary/aromatic N) is 5. The number of fused-ring (bicyclic) bond motifs is 3. The predicted molar refractivity (Wildman–Crippen MR) is 152 cm³/mol. The molecule has 0 spiro atoms. The monoisotopic (exact) mass is 531 g/mol. The van der Waals surface area contributed by atoms with Gasteiger partial charge in [-0.2, -0.15) is 0 Å². The SMILES string of the molecule is CCNCCN(CC)c1cc(OC)c(Nc2nccc(-c3c4n(c5ccccc35)CCOC4)n2)cc1[N+](=O)[O-]. The van der Waals surface area contributed by atoms with Gasteiger partial charge in [0.2, 0.25) is 5.95 Å². The number of methoxy groups -OCH3 is 1. The molecule has 1 aliphatic rings. The summed E-state index contributed by atoms with van der Waals surface area (Å²) in [5.41, 5.74) is 4.86. The van der Waals surface area contributed by atoms with Gasteiger partial charge < -0.3 is 29.6 Å². The molecule has 0 bridgehead atoms. The van der Waals surface area contributed by atoms with Crippen molar-refractivity contribution in [2.45, 2.75) is 27.0 Å². The van der Waals surface area contributed by atoms with Crippen molar-refractivity contribution in [2.24, 2.45) is 0 Å². The van der Waals surface area contributed by atoms with Crippen molar-refractivity contribution in [2.75, 3.05) is 50.1 Å². The number of aromatic nitrogens is 3. The Bertz CT molecular complexity index is 1490. The molecular formula is C28H33N7O4. The van der Waals surface area contributed by atoms with Gasteiger partial charge in [-0.3, -0.25) is 10.1 Å². The van der Waals surface area contributed by atoms with E-state index in [-0.39, 0.29) is 10.6 Å². The van der Waals surface area contributed by atoms with Crippen molar-refractivity contribution in [3.8, 4) is 17.0 Å². The largest absolute Gasteiger partial charge is 0.494 e. The molecule has 0 fully saturated rings. The summed E-state index contributed by atoms with van der Waals surface area (Å²) in [5, 5.41) is 19.6. The predicted octanol–water partition coefficient (Wildman–Crippen LogP) is 4.72. The summed E-state index contributed by atoms with van der Waals surface area (Å²) in [6, 6.07) is 13.3. The molecule has 0 radical (unpaired) electrons. The molecule has 0 unspecified atom stereocenters. The quantitative estimate of drug-likeness (QED) is 0.161. The van der Waals surface area contributed by atoms with Gasteiger partial charge in [-0.1, -0.05) is 25.1 Å². The number of benzene rings is 2. The standard InChI is InChI=1S/C28H33N7O4/c1-4-29-12-13-33(5-2)23-17-26(38-3)21(16-24(23)35(36)37)32-28-30-11-10-20(31-28)27-19-8-6-7-9-22(19)34-14-15-39-18-25(27)34/h6-11,16-17,29H,4-5,12-15,18H2,1-3H3,(H,30,31,32). The van der Waals surface area contributed by atoms with E-state index in [9.17, 15) is 10.1 Å². The third-order valence-electron chi connectivity index (χ3n) is 6.96. The van der Waals surface area contributed by atoms with Crippen molar-refractivity contribution < 1.29 is 14.4 Å². The third-order valence-corrected chi connectivity index (χ3v) is 6.96. The number of rotatable bonds is 11. The molecule has 3 heterocycles. The number of para-hydroxylation sites is 1. The van der Waals surface area contributed by atoms with Crippen LogP contribution in [0.15, 0.2) is 48.7 Å². The summed E-state index contributed by atoms with van der Waals surface area (Å²) in [5.74, 6) is 0.777. The van der Waals surface area contributed by atoms with Crippen LogP contribution in [0.5, 0.6) is 5.75 Å². The molecule has 39 heavy (non-hydrogen) atoms. The van der Waals surface area contributed by atoms with Crippen LogP contribution in [-0.4, -0.2) is 59.4 Å². The molecule has 0 amide bonds. The molecule has 0 aliphatic carbocycles. The average molecular weight is 532 g/mol. The van der Waals surface area contributed by atoms with E-state index in [0.29, 0.717) is 55.9 Å². The van der Waals surface area contributed by atoms with E-state index >= 15 is 0 Å². The Morgan fingerprint density at radius 1 is 1.23 bits per heavy atom. The van der Waals surface area contributed by atoms with Crippen LogP contribution in [0.1, 0.15) is 19.5 Å². The van der Waals surface area contributed by atoms with Crippen molar-refractivity contribution in [1.29, 1.82) is 0 Å². The number of nitro groups is 1. The van der Waals surface area contributed by atoms with Crippen LogP contribution in [0.3, 0.4) is 0 Å². The minimum Gasteiger partial charge on any atom is -0.494 e. The summed E-state index contributed by atoms with van der Waals surface area (Å²) in [6.07, 6.45) is 1.68. The van der Waals surface area contributed by atoms with Crippen LogP contribution >= 0.6 is 0 Å². The summed E-state index contributed by atoms with van der Waals surface area (Å²) >= 11 is 0. The van der Waals surface area contributed by atoms with Gasteiger partial charge in [-0.05, 0) is 25.6 Å². The molecule has 2 aromatic carbocycles. The Morgan fingerprint density at radius 3 is 2.85 bits per heavy atom. The number of hydrogen-bond acceptors (Lipinski definition) is 9. The van der Waals surface area contributed by atoms with Gasteiger partial charge >= 0.3 is 0 Å². The molecule has 204 valence electrons. The van der Waals surface area contributed by atoms with Crippen LogP contribution in [-0.2, 0) is 17.9 Å². The van der Waals surface area contributed by atoms with Crippen molar-refractivity contribution >= 4 is 33.9 Å². The van der Waals surface area contributed by atoms with Gasteiger partial charge in [0.1, 0.15) is 11.4 Å². The molecule has 0 saturated heterocycles. The van der Waals surface area contributed by atoms with Crippen LogP contribution in [0, 0.1) is 10.1 Å². The summed E-state index contributed by atoms with van der Waals surface area (Å²) in [7, 11) is 1.54.